The minimum Gasteiger partial charge on any atom is -0.464 e. The van der Waals surface area contributed by atoms with Crippen LogP contribution in [0.2, 0.25) is 0 Å². The van der Waals surface area contributed by atoms with Crippen LogP contribution in [0.4, 0.5) is 0 Å². The van der Waals surface area contributed by atoms with Crippen molar-refractivity contribution >= 4 is 5.97 Å². The molecule has 0 N–H and O–H groups in total. The van der Waals surface area contributed by atoms with E-state index in [1.54, 1.807) is 20.8 Å². The Hall–Kier alpha value is -0.830. The molecule has 13 heavy (non-hydrogen) atoms. The van der Waals surface area contributed by atoms with Crippen molar-refractivity contribution in [3.05, 3.63) is 12.2 Å². The Labute approximate surface area is 79.7 Å². The summed E-state index contributed by atoms with van der Waals surface area (Å²) >= 11 is 0. The Morgan fingerprint density at radius 1 is 1.46 bits per heavy atom. The third kappa shape index (κ3) is 4.68. The van der Waals surface area contributed by atoms with Gasteiger partial charge in [0, 0.05) is 0 Å². The molecule has 3 nitrogen and oxygen atoms in total. The zero-order chi connectivity index (χ0) is 10.3. The summed E-state index contributed by atoms with van der Waals surface area (Å²) < 4.78 is 10.2. The largest absolute Gasteiger partial charge is 0.464 e. The van der Waals surface area contributed by atoms with E-state index in [2.05, 4.69) is 0 Å². The molecule has 0 unspecified atom stereocenters. The highest BCUT2D eigenvalue weighted by Crippen LogP contribution is 2.11. The second-order valence-corrected chi connectivity index (χ2v) is 3.11. The number of ether oxygens (including phenoxy) is 2. The standard InChI is InChI=1S/C10H18O3/c1-5-7-8-13-10(3,4)9(11)12-6-2/h5,7H,6,8H2,1-4H3/b7-5+. The monoisotopic (exact) mass is 186 g/mol. The molecule has 0 aliphatic heterocycles. The van der Waals surface area contributed by atoms with Crippen molar-refractivity contribution in [2.24, 2.45) is 0 Å². The number of allylic oxidation sites excluding steroid dienone is 1. The number of hydrogen-bond acceptors (Lipinski definition) is 3. The molecule has 0 spiro atoms. The van der Waals surface area contributed by atoms with Gasteiger partial charge in [-0.15, -0.1) is 0 Å². The predicted octanol–water partition coefficient (Wildman–Crippen LogP) is 1.92. The summed E-state index contributed by atoms with van der Waals surface area (Å²) in [5, 5.41) is 0. The molecule has 0 aromatic heterocycles. The average molecular weight is 186 g/mol. The molecule has 3 heteroatoms. The maximum atomic E-state index is 11.3. The normalized spacial score (nSPS) is 12.0. The SMILES string of the molecule is C/C=C/COC(C)(C)C(=O)OCC. The molecular formula is C10H18O3. The fraction of sp³-hybridized carbons (Fsp3) is 0.700. The Bertz CT molecular complexity index is 183. The molecule has 0 aliphatic rings. The number of hydrogen-bond donors (Lipinski definition) is 0. The first-order valence-corrected chi connectivity index (χ1v) is 4.47. The molecule has 0 aromatic rings. The van der Waals surface area contributed by atoms with Crippen molar-refractivity contribution in [3.8, 4) is 0 Å². The van der Waals surface area contributed by atoms with Gasteiger partial charge in [0.2, 0.25) is 0 Å². The van der Waals surface area contributed by atoms with Gasteiger partial charge in [-0.25, -0.2) is 4.79 Å². The summed E-state index contributed by atoms with van der Waals surface area (Å²) in [6, 6.07) is 0. The highest BCUT2D eigenvalue weighted by molar-refractivity contribution is 5.78. The van der Waals surface area contributed by atoms with E-state index in [4.69, 9.17) is 9.47 Å². The lowest BCUT2D eigenvalue weighted by atomic mass is 10.1. The van der Waals surface area contributed by atoms with Crippen LogP contribution in [0, 0.1) is 0 Å². The molecule has 0 heterocycles. The smallest absolute Gasteiger partial charge is 0.337 e. The molecule has 0 saturated carbocycles. The molecule has 0 aliphatic carbocycles. The van der Waals surface area contributed by atoms with Gasteiger partial charge < -0.3 is 9.47 Å². The van der Waals surface area contributed by atoms with E-state index >= 15 is 0 Å². The van der Waals surface area contributed by atoms with Crippen LogP contribution in [0.15, 0.2) is 12.2 Å². The molecule has 0 amide bonds. The lowest BCUT2D eigenvalue weighted by Crippen LogP contribution is -2.36. The minimum absolute atomic E-state index is 0.320. The van der Waals surface area contributed by atoms with Gasteiger partial charge in [0.15, 0.2) is 5.60 Å². The molecule has 0 atom stereocenters. The number of esters is 1. The highest BCUT2D eigenvalue weighted by Gasteiger charge is 2.29. The Morgan fingerprint density at radius 2 is 2.08 bits per heavy atom. The Kier molecular flexibility index (Phi) is 5.39. The summed E-state index contributed by atoms with van der Waals surface area (Å²) in [7, 11) is 0. The summed E-state index contributed by atoms with van der Waals surface area (Å²) in [6.45, 7) is 7.90. The van der Waals surface area contributed by atoms with Crippen LogP contribution in [-0.4, -0.2) is 24.8 Å². The number of carbonyl (C=O) groups is 1. The van der Waals surface area contributed by atoms with Crippen LogP contribution in [0.1, 0.15) is 27.7 Å². The number of rotatable bonds is 5. The molecule has 0 bridgehead atoms. The van der Waals surface area contributed by atoms with Gasteiger partial charge in [0.25, 0.3) is 0 Å². The zero-order valence-corrected chi connectivity index (χ0v) is 8.79. The molecular weight excluding hydrogens is 168 g/mol. The molecule has 0 radical (unpaired) electrons. The van der Waals surface area contributed by atoms with E-state index in [1.165, 1.54) is 0 Å². The van der Waals surface area contributed by atoms with Gasteiger partial charge in [-0.1, -0.05) is 12.2 Å². The highest BCUT2D eigenvalue weighted by atomic mass is 16.6. The topological polar surface area (TPSA) is 35.5 Å². The van der Waals surface area contributed by atoms with Gasteiger partial charge in [-0.3, -0.25) is 0 Å². The number of carbonyl (C=O) groups excluding carboxylic acids is 1. The molecule has 0 fully saturated rings. The lowest BCUT2D eigenvalue weighted by molar-refractivity contribution is -0.166. The zero-order valence-electron chi connectivity index (χ0n) is 8.79. The van der Waals surface area contributed by atoms with Crippen molar-refractivity contribution in [1.29, 1.82) is 0 Å². The van der Waals surface area contributed by atoms with E-state index < -0.39 is 5.60 Å². The van der Waals surface area contributed by atoms with Gasteiger partial charge in [0.05, 0.1) is 13.2 Å². The van der Waals surface area contributed by atoms with Crippen molar-refractivity contribution in [2.45, 2.75) is 33.3 Å². The predicted molar refractivity (Wildman–Crippen MR) is 51.5 cm³/mol. The fourth-order valence-electron chi connectivity index (χ4n) is 0.716. The van der Waals surface area contributed by atoms with Gasteiger partial charge >= 0.3 is 5.97 Å². The van der Waals surface area contributed by atoms with Crippen LogP contribution in [0.3, 0.4) is 0 Å². The van der Waals surface area contributed by atoms with Crippen molar-refractivity contribution < 1.29 is 14.3 Å². The van der Waals surface area contributed by atoms with E-state index in [0.29, 0.717) is 13.2 Å². The van der Waals surface area contributed by atoms with Crippen LogP contribution < -0.4 is 0 Å². The second-order valence-electron chi connectivity index (χ2n) is 3.11. The Balaban J connectivity index is 3.97. The summed E-state index contributed by atoms with van der Waals surface area (Å²) in [6.07, 6.45) is 3.72. The quantitative estimate of drug-likeness (QED) is 0.486. The van der Waals surface area contributed by atoms with E-state index in [1.807, 2.05) is 19.1 Å². The van der Waals surface area contributed by atoms with Gasteiger partial charge in [0.1, 0.15) is 0 Å². The molecule has 0 saturated heterocycles. The summed E-state index contributed by atoms with van der Waals surface area (Å²) in [4.78, 5) is 11.3. The lowest BCUT2D eigenvalue weighted by Gasteiger charge is -2.21. The maximum absolute atomic E-state index is 11.3. The fourth-order valence-corrected chi connectivity index (χ4v) is 0.716. The van der Waals surface area contributed by atoms with E-state index in [0.717, 1.165) is 0 Å². The first-order chi connectivity index (χ1) is 6.04. The summed E-state index contributed by atoms with van der Waals surface area (Å²) in [5.41, 5.74) is -0.852. The summed E-state index contributed by atoms with van der Waals surface area (Å²) in [5.74, 6) is -0.320. The maximum Gasteiger partial charge on any atom is 0.337 e. The minimum atomic E-state index is -0.852. The third-order valence-electron chi connectivity index (χ3n) is 1.54. The van der Waals surface area contributed by atoms with Gasteiger partial charge in [-0.05, 0) is 27.7 Å². The van der Waals surface area contributed by atoms with Crippen LogP contribution >= 0.6 is 0 Å². The Morgan fingerprint density at radius 3 is 2.54 bits per heavy atom. The van der Waals surface area contributed by atoms with E-state index in [-0.39, 0.29) is 5.97 Å². The van der Waals surface area contributed by atoms with Crippen molar-refractivity contribution in [3.63, 3.8) is 0 Å². The first-order valence-electron chi connectivity index (χ1n) is 4.47. The molecule has 0 aromatic carbocycles. The third-order valence-corrected chi connectivity index (χ3v) is 1.54. The second kappa shape index (κ2) is 5.75. The van der Waals surface area contributed by atoms with Crippen molar-refractivity contribution in [1.82, 2.24) is 0 Å². The van der Waals surface area contributed by atoms with Gasteiger partial charge in [-0.2, -0.15) is 0 Å². The van der Waals surface area contributed by atoms with Crippen LogP contribution in [0.25, 0.3) is 0 Å². The van der Waals surface area contributed by atoms with Crippen LogP contribution in [0.5, 0.6) is 0 Å². The van der Waals surface area contributed by atoms with Crippen molar-refractivity contribution in [2.75, 3.05) is 13.2 Å². The average Bonchev–Trinajstić information content (AvgIpc) is 2.05. The van der Waals surface area contributed by atoms with E-state index in [9.17, 15) is 4.79 Å². The first kappa shape index (κ1) is 12.2. The van der Waals surface area contributed by atoms with Crippen LogP contribution in [-0.2, 0) is 14.3 Å². The molecule has 76 valence electrons. The molecule has 0 rings (SSSR count).